The highest BCUT2D eigenvalue weighted by atomic mass is 19.4. The van der Waals surface area contributed by atoms with Crippen LogP contribution in [0.3, 0.4) is 0 Å². The third-order valence-electron chi connectivity index (χ3n) is 7.40. The second kappa shape index (κ2) is 7.92. The predicted octanol–water partition coefficient (Wildman–Crippen LogP) is 5.65. The highest BCUT2D eigenvalue weighted by Crippen LogP contribution is 2.50. The van der Waals surface area contributed by atoms with E-state index >= 15 is 0 Å². The summed E-state index contributed by atoms with van der Waals surface area (Å²) in [4.78, 5) is 15.6. The number of aryl methyl sites for hydroxylation is 1. The number of hydrogen-bond acceptors (Lipinski definition) is 4. The number of hydrogen-bond donors (Lipinski definition) is 2. The lowest BCUT2D eigenvalue weighted by atomic mass is 9.70. The molecule has 5 rings (SSSR count). The summed E-state index contributed by atoms with van der Waals surface area (Å²) in [5.41, 5.74) is 0.941. The van der Waals surface area contributed by atoms with Crippen LogP contribution in [0, 0.1) is 11.8 Å². The second-order valence-electron chi connectivity index (χ2n) is 9.79. The van der Waals surface area contributed by atoms with Crippen LogP contribution in [0.1, 0.15) is 61.6 Å². The number of halogens is 3. The lowest BCUT2D eigenvalue weighted by Gasteiger charge is -2.50. The normalized spacial score (nSPS) is 26.0. The molecule has 2 N–H and O–H groups in total. The van der Waals surface area contributed by atoms with Crippen molar-refractivity contribution < 1.29 is 27.8 Å². The Balaban J connectivity index is 1.30. The zero-order valence-electron chi connectivity index (χ0n) is 18.4. The first-order chi connectivity index (χ1) is 15.7. The molecule has 3 aliphatic rings. The summed E-state index contributed by atoms with van der Waals surface area (Å²) < 4.78 is 46.2. The summed E-state index contributed by atoms with van der Waals surface area (Å²) in [6.07, 6.45) is 1.83. The number of nitrogens with zero attached hydrogens (tertiary/aromatic N) is 1. The van der Waals surface area contributed by atoms with Crippen molar-refractivity contribution in [2.24, 2.45) is 11.8 Å². The maximum absolute atomic E-state index is 13.3. The fourth-order valence-electron chi connectivity index (χ4n) is 5.48. The molecule has 1 spiro atoms. The standard InChI is InChI=1S/C25H27F3N2O3/c1-14(23(31)32)21(16-5-6-16)17-7-4-15-8-9-24(33-20(15)11-17)12-18(13-24)30-22-19(25(26,27)28)3-2-10-29-22/h2-4,7,10-11,14,16,18,21H,5-6,8-9,12-13H2,1H3,(H,29,30)(H,31,32)/t14-,18?,21?,24?/m0/s1. The van der Waals surface area contributed by atoms with Gasteiger partial charge in [0.1, 0.15) is 17.2 Å². The summed E-state index contributed by atoms with van der Waals surface area (Å²) in [5.74, 6) is -0.248. The van der Waals surface area contributed by atoms with Crippen LogP contribution in [0.2, 0.25) is 0 Å². The molecular formula is C25H27F3N2O3. The molecule has 2 atom stereocenters. The van der Waals surface area contributed by atoms with Gasteiger partial charge in [0.2, 0.25) is 0 Å². The van der Waals surface area contributed by atoms with E-state index in [2.05, 4.69) is 10.3 Å². The number of fused-ring (bicyclic) bond motifs is 1. The first kappa shape index (κ1) is 22.0. The minimum absolute atomic E-state index is 0.0324. The number of aliphatic carboxylic acids is 1. The van der Waals surface area contributed by atoms with E-state index < -0.39 is 29.2 Å². The molecule has 1 aromatic carbocycles. The van der Waals surface area contributed by atoms with Crippen LogP contribution in [0.25, 0.3) is 0 Å². The number of benzene rings is 1. The van der Waals surface area contributed by atoms with Gasteiger partial charge in [0.05, 0.1) is 11.5 Å². The molecule has 5 nitrogen and oxygen atoms in total. The number of rotatable bonds is 6. The smallest absolute Gasteiger partial charge is 0.419 e. The lowest BCUT2D eigenvalue weighted by molar-refractivity contribution is -0.142. The molecule has 2 aromatic rings. The molecule has 8 heteroatoms. The van der Waals surface area contributed by atoms with Gasteiger partial charge in [0.15, 0.2) is 0 Å². The highest BCUT2D eigenvalue weighted by molar-refractivity contribution is 5.71. The second-order valence-corrected chi connectivity index (χ2v) is 9.79. The topological polar surface area (TPSA) is 71.5 Å². The minimum Gasteiger partial charge on any atom is -0.487 e. The van der Waals surface area contributed by atoms with Crippen LogP contribution in [-0.2, 0) is 17.4 Å². The minimum atomic E-state index is -4.46. The maximum Gasteiger partial charge on any atom is 0.419 e. The molecule has 33 heavy (non-hydrogen) atoms. The van der Waals surface area contributed by atoms with Crippen molar-refractivity contribution in [1.29, 1.82) is 0 Å². The molecule has 176 valence electrons. The van der Waals surface area contributed by atoms with Crippen LogP contribution in [0.15, 0.2) is 36.5 Å². The van der Waals surface area contributed by atoms with Gasteiger partial charge in [-0.2, -0.15) is 13.2 Å². The van der Waals surface area contributed by atoms with Crippen molar-refractivity contribution in [3.63, 3.8) is 0 Å². The summed E-state index contributed by atoms with van der Waals surface area (Å²) in [7, 11) is 0. The first-order valence-corrected chi connectivity index (χ1v) is 11.5. The monoisotopic (exact) mass is 460 g/mol. The Morgan fingerprint density at radius 2 is 2.03 bits per heavy atom. The SMILES string of the molecule is C[C@H](C(=O)O)C(c1ccc2c(c1)OC1(CC2)CC(Nc2ncccc2C(F)(F)F)C1)C1CC1. The molecule has 2 heterocycles. The number of alkyl halides is 3. The van der Waals surface area contributed by atoms with Gasteiger partial charge in [0, 0.05) is 25.1 Å². The third kappa shape index (κ3) is 4.27. The molecule has 2 aliphatic carbocycles. The van der Waals surface area contributed by atoms with E-state index in [-0.39, 0.29) is 17.8 Å². The molecule has 1 unspecified atom stereocenters. The summed E-state index contributed by atoms with van der Waals surface area (Å²) in [6.45, 7) is 1.77. The van der Waals surface area contributed by atoms with Gasteiger partial charge >= 0.3 is 12.1 Å². The average molecular weight is 460 g/mol. The molecular weight excluding hydrogens is 433 g/mol. The molecule has 2 fully saturated rings. The fourth-order valence-corrected chi connectivity index (χ4v) is 5.48. The van der Waals surface area contributed by atoms with Crippen molar-refractivity contribution in [2.75, 3.05) is 5.32 Å². The Morgan fingerprint density at radius 1 is 1.27 bits per heavy atom. The highest BCUT2D eigenvalue weighted by Gasteiger charge is 2.49. The number of aromatic nitrogens is 1. The number of ether oxygens (including phenoxy) is 1. The van der Waals surface area contributed by atoms with Crippen molar-refractivity contribution in [1.82, 2.24) is 4.98 Å². The number of carbonyl (C=O) groups is 1. The van der Waals surface area contributed by atoms with E-state index in [9.17, 15) is 23.1 Å². The number of carboxylic acids is 1. The molecule has 0 bridgehead atoms. The number of carboxylic acid groups (broad SMARTS) is 1. The van der Waals surface area contributed by atoms with E-state index in [1.807, 2.05) is 18.2 Å². The van der Waals surface area contributed by atoms with Gasteiger partial charge < -0.3 is 15.2 Å². The van der Waals surface area contributed by atoms with E-state index in [1.54, 1.807) is 6.92 Å². The van der Waals surface area contributed by atoms with Crippen LogP contribution >= 0.6 is 0 Å². The maximum atomic E-state index is 13.3. The van der Waals surface area contributed by atoms with E-state index in [1.165, 1.54) is 12.3 Å². The van der Waals surface area contributed by atoms with E-state index in [0.717, 1.165) is 48.6 Å². The zero-order chi connectivity index (χ0) is 23.4. The van der Waals surface area contributed by atoms with Gasteiger partial charge in [-0.3, -0.25) is 4.79 Å². The molecule has 0 saturated heterocycles. The van der Waals surface area contributed by atoms with Crippen LogP contribution < -0.4 is 10.1 Å². The van der Waals surface area contributed by atoms with Crippen molar-refractivity contribution in [3.8, 4) is 5.75 Å². The third-order valence-corrected chi connectivity index (χ3v) is 7.40. The fraction of sp³-hybridized carbons (Fsp3) is 0.520. The van der Waals surface area contributed by atoms with Crippen LogP contribution in [0.4, 0.5) is 19.0 Å². The summed E-state index contributed by atoms with van der Waals surface area (Å²) in [5, 5.41) is 12.5. The van der Waals surface area contributed by atoms with Gasteiger partial charge in [0.25, 0.3) is 0 Å². The van der Waals surface area contributed by atoms with Crippen molar-refractivity contribution in [3.05, 3.63) is 53.2 Å². The number of anilines is 1. The predicted molar refractivity (Wildman–Crippen MR) is 116 cm³/mol. The molecule has 0 amide bonds. The average Bonchev–Trinajstić information content (AvgIpc) is 3.57. The Labute approximate surface area is 190 Å². The quantitative estimate of drug-likeness (QED) is 0.583. The Hall–Kier alpha value is -2.77. The first-order valence-electron chi connectivity index (χ1n) is 11.5. The van der Waals surface area contributed by atoms with Gasteiger partial charge in [-0.15, -0.1) is 0 Å². The lowest BCUT2D eigenvalue weighted by Crippen LogP contribution is -2.56. The Morgan fingerprint density at radius 3 is 2.70 bits per heavy atom. The largest absolute Gasteiger partial charge is 0.487 e. The zero-order valence-corrected chi connectivity index (χ0v) is 18.4. The molecule has 0 radical (unpaired) electrons. The van der Waals surface area contributed by atoms with Crippen LogP contribution in [-0.4, -0.2) is 27.7 Å². The van der Waals surface area contributed by atoms with Gasteiger partial charge in [-0.25, -0.2) is 4.98 Å². The van der Waals surface area contributed by atoms with Gasteiger partial charge in [-0.05, 0) is 66.8 Å². The Kier molecular flexibility index (Phi) is 5.29. The number of nitrogens with one attached hydrogen (secondary N) is 1. The summed E-state index contributed by atoms with van der Waals surface area (Å²) >= 11 is 0. The Bertz CT molecular complexity index is 1060. The molecule has 1 aliphatic heterocycles. The molecule has 2 saturated carbocycles. The van der Waals surface area contributed by atoms with Crippen molar-refractivity contribution >= 4 is 11.8 Å². The van der Waals surface area contributed by atoms with E-state index in [4.69, 9.17) is 4.74 Å². The van der Waals surface area contributed by atoms with E-state index in [0.29, 0.717) is 18.8 Å². The summed E-state index contributed by atoms with van der Waals surface area (Å²) in [6, 6.07) is 8.26. The molecule has 1 aromatic heterocycles. The number of pyridine rings is 1. The van der Waals surface area contributed by atoms with Crippen LogP contribution in [0.5, 0.6) is 5.75 Å². The van der Waals surface area contributed by atoms with Gasteiger partial charge in [-0.1, -0.05) is 19.1 Å². The van der Waals surface area contributed by atoms with Crippen molar-refractivity contribution in [2.45, 2.75) is 69.2 Å².